The maximum absolute atomic E-state index is 12.6. The van der Waals surface area contributed by atoms with Crippen LogP contribution in [0.5, 0.6) is 0 Å². The SMILES string of the molecule is Cn1ccnc1C(O)C1CCCN(c2ccc(C(F)(F)F)cn2)C1. The fourth-order valence-electron chi connectivity index (χ4n) is 3.09. The highest BCUT2D eigenvalue weighted by Crippen LogP contribution is 2.32. The van der Waals surface area contributed by atoms with Gasteiger partial charge in [0.05, 0.1) is 5.56 Å². The summed E-state index contributed by atoms with van der Waals surface area (Å²) in [6.07, 6.45) is 0.855. The fourth-order valence-corrected chi connectivity index (χ4v) is 3.09. The Morgan fingerprint density at radius 3 is 2.67 bits per heavy atom. The van der Waals surface area contributed by atoms with Gasteiger partial charge in [-0.3, -0.25) is 0 Å². The first-order valence-corrected chi connectivity index (χ1v) is 7.80. The molecule has 0 bridgehead atoms. The van der Waals surface area contributed by atoms with Crippen LogP contribution >= 0.6 is 0 Å². The molecule has 24 heavy (non-hydrogen) atoms. The summed E-state index contributed by atoms with van der Waals surface area (Å²) in [5.74, 6) is 1.06. The molecule has 0 saturated carbocycles. The molecular formula is C16H19F3N4O. The van der Waals surface area contributed by atoms with Crippen LogP contribution in [0.4, 0.5) is 19.0 Å². The Balaban J connectivity index is 1.72. The molecule has 0 spiro atoms. The Hall–Kier alpha value is -2.09. The van der Waals surface area contributed by atoms with E-state index in [-0.39, 0.29) is 5.92 Å². The number of halogens is 3. The van der Waals surface area contributed by atoms with Crippen LogP contribution in [0.1, 0.15) is 30.3 Å². The summed E-state index contributed by atoms with van der Waals surface area (Å²) >= 11 is 0. The zero-order valence-electron chi connectivity index (χ0n) is 13.2. The van der Waals surface area contributed by atoms with E-state index in [9.17, 15) is 18.3 Å². The van der Waals surface area contributed by atoms with Crippen LogP contribution in [0.15, 0.2) is 30.7 Å². The summed E-state index contributed by atoms with van der Waals surface area (Å²) in [5, 5.41) is 10.6. The van der Waals surface area contributed by atoms with Crippen molar-refractivity contribution < 1.29 is 18.3 Å². The molecule has 0 aliphatic carbocycles. The second-order valence-electron chi connectivity index (χ2n) is 6.09. The molecular weight excluding hydrogens is 321 g/mol. The molecule has 0 radical (unpaired) electrons. The van der Waals surface area contributed by atoms with Gasteiger partial charge in [0.15, 0.2) is 0 Å². The summed E-state index contributed by atoms with van der Waals surface area (Å²) in [6.45, 7) is 1.24. The van der Waals surface area contributed by atoms with Crippen molar-refractivity contribution >= 4 is 5.82 Å². The molecule has 5 nitrogen and oxygen atoms in total. The number of anilines is 1. The number of nitrogens with zero attached hydrogens (tertiary/aromatic N) is 4. The first kappa shape index (κ1) is 16.8. The van der Waals surface area contributed by atoms with E-state index in [1.54, 1.807) is 17.0 Å². The molecule has 1 fully saturated rings. The molecule has 130 valence electrons. The number of rotatable bonds is 3. The van der Waals surface area contributed by atoms with Crippen LogP contribution in [0, 0.1) is 5.92 Å². The van der Waals surface area contributed by atoms with Crippen molar-refractivity contribution in [2.45, 2.75) is 25.1 Å². The van der Waals surface area contributed by atoms with Crippen LogP contribution < -0.4 is 4.90 Å². The van der Waals surface area contributed by atoms with Gasteiger partial charge in [0.2, 0.25) is 0 Å². The van der Waals surface area contributed by atoms with Crippen LogP contribution in [0.3, 0.4) is 0 Å². The van der Waals surface area contributed by atoms with E-state index in [1.807, 2.05) is 11.9 Å². The van der Waals surface area contributed by atoms with Gasteiger partial charge < -0.3 is 14.6 Å². The lowest BCUT2D eigenvalue weighted by atomic mass is 9.92. The number of aromatic nitrogens is 3. The molecule has 8 heteroatoms. The van der Waals surface area contributed by atoms with Gasteiger partial charge in [0.1, 0.15) is 17.7 Å². The summed E-state index contributed by atoms with van der Waals surface area (Å²) in [6, 6.07) is 2.43. The third-order valence-electron chi connectivity index (χ3n) is 4.43. The first-order valence-electron chi connectivity index (χ1n) is 7.80. The number of aryl methyl sites for hydroxylation is 1. The lowest BCUT2D eigenvalue weighted by Crippen LogP contribution is -2.38. The van der Waals surface area contributed by atoms with Crippen molar-refractivity contribution in [1.82, 2.24) is 14.5 Å². The second kappa shape index (κ2) is 6.43. The second-order valence-corrected chi connectivity index (χ2v) is 6.09. The minimum Gasteiger partial charge on any atom is -0.385 e. The quantitative estimate of drug-likeness (QED) is 0.934. The number of imidazole rings is 1. The van der Waals surface area contributed by atoms with Crippen LogP contribution in [-0.4, -0.2) is 32.7 Å². The number of piperidine rings is 1. The molecule has 0 aromatic carbocycles. The lowest BCUT2D eigenvalue weighted by Gasteiger charge is -2.35. The average molecular weight is 340 g/mol. The van der Waals surface area contributed by atoms with Gasteiger partial charge in [-0.1, -0.05) is 0 Å². The van der Waals surface area contributed by atoms with Gasteiger partial charge in [-0.2, -0.15) is 13.2 Å². The zero-order chi connectivity index (χ0) is 17.3. The summed E-state index contributed by atoms with van der Waals surface area (Å²) in [4.78, 5) is 10.0. The van der Waals surface area contributed by atoms with Gasteiger partial charge in [-0.05, 0) is 25.0 Å². The third-order valence-corrected chi connectivity index (χ3v) is 4.43. The van der Waals surface area contributed by atoms with Crippen molar-refractivity contribution in [3.8, 4) is 0 Å². The molecule has 2 unspecified atom stereocenters. The predicted molar refractivity (Wildman–Crippen MR) is 82.3 cm³/mol. The fraction of sp³-hybridized carbons (Fsp3) is 0.500. The largest absolute Gasteiger partial charge is 0.417 e. The Bertz CT molecular complexity index is 683. The molecule has 3 rings (SSSR count). The van der Waals surface area contributed by atoms with Gasteiger partial charge in [0.25, 0.3) is 0 Å². The Morgan fingerprint density at radius 2 is 2.08 bits per heavy atom. The number of hydrogen-bond donors (Lipinski definition) is 1. The van der Waals surface area contributed by atoms with E-state index in [1.165, 1.54) is 6.07 Å². The average Bonchev–Trinajstić information content (AvgIpc) is 3.00. The molecule has 1 N–H and O–H groups in total. The molecule has 2 aromatic rings. The van der Waals surface area contributed by atoms with Crippen LogP contribution in [0.25, 0.3) is 0 Å². The molecule has 1 aliphatic heterocycles. The predicted octanol–water partition coefficient (Wildman–Crippen LogP) is 2.78. The number of alkyl halides is 3. The van der Waals surface area contributed by atoms with E-state index in [0.29, 0.717) is 24.7 Å². The standard InChI is InChI=1S/C16H19F3N4O/c1-22-8-6-20-15(22)14(24)11-3-2-7-23(10-11)13-5-4-12(9-21-13)16(17,18)19/h4-6,8-9,11,14,24H,2-3,7,10H2,1H3. The van der Waals surface area contributed by atoms with E-state index in [4.69, 9.17) is 0 Å². The van der Waals surface area contributed by atoms with E-state index in [2.05, 4.69) is 9.97 Å². The van der Waals surface area contributed by atoms with Crippen molar-refractivity contribution in [3.63, 3.8) is 0 Å². The summed E-state index contributed by atoms with van der Waals surface area (Å²) in [5.41, 5.74) is -0.757. The number of aliphatic hydroxyl groups is 1. The lowest BCUT2D eigenvalue weighted by molar-refractivity contribution is -0.137. The Kier molecular flexibility index (Phi) is 4.49. The highest BCUT2D eigenvalue weighted by atomic mass is 19.4. The number of aliphatic hydroxyl groups excluding tert-OH is 1. The molecule has 3 heterocycles. The topological polar surface area (TPSA) is 54.2 Å². The third kappa shape index (κ3) is 3.38. The highest BCUT2D eigenvalue weighted by Gasteiger charge is 2.32. The first-order chi connectivity index (χ1) is 11.4. The van der Waals surface area contributed by atoms with Crippen molar-refractivity contribution in [1.29, 1.82) is 0 Å². The van der Waals surface area contributed by atoms with Crippen molar-refractivity contribution in [3.05, 3.63) is 42.1 Å². The monoisotopic (exact) mass is 340 g/mol. The van der Waals surface area contributed by atoms with Crippen molar-refractivity contribution in [2.24, 2.45) is 13.0 Å². The molecule has 0 amide bonds. The van der Waals surface area contributed by atoms with E-state index >= 15 is 0 Å². The molecule has 1 aliphatic rings. The van der Waals surface area contributed by atoms with Gasteiger partial charge in [-0.25, -0.2) is 9.97 Å². The minimum absolute atomic E-state index is 0.0380. The zero-order valence-corrected chi connectivity index (χ0v) is 13.2. The maximum atomic E-state index is 12.6. The van der Waals surface area contributed by atoms with Crippen LogP contribution in [-0.2, 0) is 13.2 Å². The normalized spacial score (nSPS) is 20.2. The van der Waals surface area contributed by atoms with E-state index in [0.717, 1.165) is 25.1 Å². The van der Waals surface area contributed by atoms with Gasteiger partial charge in [-0.15, -0.1) is 0 Å². The maximum Gasteiger partial charge on any atom is 0.417 e. The van der Waals surface area contributed by atoms with Gasteiger partial charge in [0, 0.05) is 44.6 Å². The minimum atomic E-state index is -4.38. The summed E-state index contributed by atoms with van der Waals surface area (Å²) in [7, 11) is 1.82. The molecule has 2 aromatic heterocycles. The summed E-state index contributed by atoms with van der Waals surface area (Å²) < 4.78 is 39.7. The van der Waals surface area contributed by atoms with Gasteiger partial charge >= 0.3 is 6.18 Å². The highest BCUT2D eigenvalue weighted by molar-refractivity contribution is 5.40. The number of pyridine rings is 1. The Morgan fingerprint density at radius 1 is 1.29 bits per heavy atom. The number of hydrogen-bond acceptors (Lipinski definition) is 4. The molecule has 1 saturated heterocycles. The van der Waals surface area contributed by atoms with E-state index < -0.39 is 17.8 Å². The van der Waals surface area contributed by atoms with Crippen molar-refractivity contribution in [2.75, 3.05) is 18.0 Å². The molecule has 2 atom stereocenters. The Labute approximate surface area is 137 Å². The smallest absolute Gasteiger partial charge is 0.385 e. The van der Waals surface area contributed by atoms with Crippen LogP contribution in [0.2, 0.25) is 0 Å².